The molecule has 5 heteroatoms. The van der Waals surface area contributed by atoms with Gasteiger partial charge in [0.2, 0.25) is 0 Å². The summed E-state index contributed by atoms with van der Waals surface area (Å²) >= 11 is 0. The Kier molecular flexibility index (Phi) is 4.50. The van der Waals surface area contributed by atoms with Crippen LogP contribution in [0, 0.1) is 0 Å². The van der Waals surface area contributed by atoms with Crippen molar-refractivity contribution < 1.29 is 0 Å². The summed E-state index contributed by atoms with van der Waals surface area (Å²) in [5, 5.41) is 7.78. The molecule has 0 saturated carbocycles. The Hall–Kier alpha value is -0.940. The SMILES string of the molecule is CCCn1ncnc1CN(C)CC1CCCN1. The fraction of sp³-hybridized carbons (Fsp3) is 0.833. The van der Waals surface area contributed by atoms with E-state index in [1.165, 1.54) is 19.4 Å². The van der Waals surface area contributed by atoms with Crippen molar-refractivity contribution in [1.29, 1.82) is 0 Å². The zero-order valence-electron chi connectivity index (χ0n) is 10.9. The first-order chi connectivity index (χ1) is 8.29. The number of likely N-dealkylation sites (N-methyl/N-ethyl adjacent to an activating group) is 1. The molecule has 96 valence electrons. The first-order valence-corrected chi connectivity index (χ1v) is 6.58. The Morgan fingerprint density at radius 3 is 3.18 bits per heavy atom. The van der Waals surface area contributed by atoms with Gasteiger partial charge in [0.05, 0.1) is 6.54 Å². The molecule has 1 saturated heterocycles. The third-order valence-corrected chi connectivity index (χ3v) is 3.24. The van der Waals surface area contributed by atoms with Crippen molar-refractivity contribution in [2.75, 3.05) is 20.1 Å². The highest BCUT2D eigenvalue weighted by Crippen LogP contribution is 2.08. The Labute approximate surface area is 103 Å². The van der Waals surface area contributed by atoms with E-state index in [-0.39, 0.29) is 0 Å². The molecule has 1 N–H and O–H groups in total. The minimum absolute atomic E-state index is 0.655. The van der Waals surface area contributed by atoms with Crippen LogP contribution in [0.25, 0.3) is 0 Å². The van der Waals surface area contributed by atoms with Gasteiger partial charge in [-0.25, -0.2) is 9.67 Å². The van der Waals surface area contributed by atoms with Crippen LogP contribution < -0.4 is 5.32 Å². The number of nitrogens with zero attached hydrogens (tertiary/aromatic N) is 4. The van der Waals surface area contributed by atoms with Crippen LogP contribution in [0.5, 0.6) is 0 Å². The van der Waals surface area contributed by atoms with E-state index in [1.807, 2.05) is 4.68 Å². The molecule has 1 aromatic heterocycles. The molecule has 1 aliphatic heterocycles. The van der Waals surface area contributed by atoms with E-state index >= 15 is 0 Å². The normalized spacial score (nSPS) is 20.3. The smallest absolute Gasteiger partial charge is 0.140 e. The molecule has 17 heavy (non-hydrogen) atoms. The molecule has 1 atom stereocenters. The van der Waals surface area contributed by atoms with Gasteiger partial charge in [0.1, 0.15) is 12.2 Å². The highest BCUT2D eigenvalue weighted by Gasteiger charge is 2.16. The Morgan fingerprint density at radius 2 is 2.47 bits per heavy atom. The average Bonchev–Trinajstić information content (AvgIpc) is 2.92. The number of nitrogens with one attached hydrogen (secondary N) is 1. The summed E-state index contributed by atoms with van der Waals surface area (Å²) < 4.78 is 2.01. The van der Waals surface area contributed by atoms with Crippen LogP contribution in [-0.2, 0) is 13.1 Å². The van der Waals surface area contributed by atoms with E-state index in [4.69, 9.17) is 0 Å². The van der Waals surface area contributed by atoms with Crippen LogP contribution >= 0.6 is 0 Å². The van der Waals surface area contributed by atoms with Crippen molar-refractivity contribution in [3.8, 4) is 0 Å². The standard InChI is InChI=1S/C12H23N5/c1-3-7-17-12(14-10-15-17)9-16(2)8-11-5-4-6-13-11/h10-11,13H,3-9H2,1-2H3. The Bertz CT molecular complexity index is 329. The molecule has 0 aliphatic carbocycles. The number of aryl methyl sites for hydroxylation is 1. The highest BCUT2D eigenvalue weighted by molar-refractivity contribution is 4.86. The van der Waals surface area contributed by atoms with Gasteiger partial charge in [0.25, 0.3) is 0 Å². The number of hydrogen-bond acceptors (Lipinski definition) is 4. The molecule has 0 spiro atoms. The summed E-state index contributed by atoms with van der Waals surface area (Å²) in [6.07, 6.45) is 5.37. The molecule has 0 amide bonds. The lowest BCUT2D eigenvalue weighted by Gasteiger charge is -2.20. The molecule has 0 radical (unpaired) electrons. The number of rotatable bonds is 6. The van der Waals surface area contributed by atoms with Crippen LogP contribution in [0.3, 0.4) is 0 Å². The van der Waals surface area contributed by atoms with E-state index in [2.05, 4.69) is 34.3 Å². The lowest BCUT2D eigenvalue weighted by molar-refractivity contribution is 0.280. The van der Waals surface area contributed by atoms with Gasteiger partial charge in [-0.15, -0.1) is 0 Å². The summed E-state index contributed by atoms with van der Waals surface area (Å²) in [7, 11) is 2.16. The molecule has 0 aromatic carbocycles. The maximum absolute atomic E-state index is 4.34. The van der Waals surface area contributed by atoms with E-state index < -0.39 is 0 Å². The van der Waals surface area contributed by atoms with Gasteiger partial charge in [-0.2, -0.15) is 5.10 Å². The fourth-order valence-electron chi connectivity index (χ4n) is 2.40. The van der Waals surface area contributed by atoms with Gasteiger partial charge in [0.15, 0.2) is 0 Å². The summed E-state index contributed by atoms with van der Waals surface area (Å²) in [5.41, 5.74) is 0. The first kappa shape index (κ1) is 12.5. The quantitative estimate of drug-likeness (QED) is 0.797. The molecule has 0 bridgehead atoms. The van der Waals surface area contributed by atoms with Crippen molar-refractivity contribution in [3.05, 3.63) is 12.2 Å². The highest BCUT2D eigenvalue weighted by atomic mass is 15.3. The Morgan fingerprint density at radius 1 is 1.59 bits per heavy atom. The molecule has 1 aromatic rings. The predicted octanol–water partition coefficient (Wildman–Crippen LogP) is 0.872. The van der Waals surface area contributed by atoms with Gasteiger partial charge in [-0.05, 0) is 32.9 Å². The molecule has 1 aliphatic rings. The fourth-order valence-corrected chi connectivity index (χ4v) is 2.40. The largest absolute Gasteiger partial charge is 0.313 e. The van der Waals surface area contributed by atoms with Gasteiger partial charge in [-0.3, -0.25) is 4.90 Å². The monoisotopic (exact) mass is 237 g/mol. The van der Waals surface area contributed by atoms with E-state index in [1.54, 1.807) is 6.33 Å². The second-order valence-corrected chi connectivity index (χ2v) is 4.89. The topological polar surface area (TPSA) is 46.0 Å². The van der Waals surface area contributed by atoms with Crippen LogP contribution in [-0.4, -0.2) is 45.8 Å². The number of aromatic nitrogens is 3. The van der Waals surface area contributed by atoms with Crippen molar-refractivity contribution in [2.45, 2.75) is 45.3 Å². The lowest BCUT2D eigenvalue weighted by Crippen LogP contribution is -2.35. The van der Waals surface area contributed by atoms with Crippen LogP contribution in [0.4, 0.5) is 0 Å². The third kappa shape index (κ3) is 3.51. The van der Waals surface area contributed by atoms with Crippen molar-refractivity contribution in [2.24, 2.45) is 0 Å². The van der Waals surface area contributed by atoms with Crippen LogP contribution in [0.1, 0.15) is 32.0 Å². The van der Waals surface area contributed by atoms with Crippen molar-refractivity contribution >= 4 is 0 Å². The zero-order valence-corrected chi connectivity index (χ0v) is 10.9. The van der Waals surface area contributed by atoms with Gasteiger partial charge >= 0.3 is 0 Å². The molecule has 2 rings (SSSR count). The first-order valence-electron chi connectivity index (χ1n) is 6.58. The molecule has 1 fully saturated rings. The summed E-state index contributed by atoms with van der Waals surface area (Å²) in [6.45, 7) is 6.28. The zero-order chi connectivity index (χ0) is 12.1. The molecular formula is C12H23N5. The van der Waals surface area contributed by atoms with Crippen LogP contribution in [0.2, 0.25) is 0 Å². The van der Waals surface area contributed by atoms with E-state index in [0.717, 1.165) is 31.9 Å². The Balaban J connectivity index is 1.83. The maximum atomic E-state index is 4.34. The van der Waals surface area contributed by atoms with Gasteiger partial charge < -0.3 is 5.32 Å². The number of hydrogen-bond donors (Lipinski definition) is 1. The predicted molar refractivity (Wildman–Crippen MR) is 67.7 cm³/mol. The van der Waals surface area contributed by atoms with E-state index in [0.29, 0.717) is 6.04 Å². The minimum Gasteiger partial charge on any atom is -0.313 e. The lowest BCUT2D eigenvalue weighted by atomic mass is 10.2. The second-order valence-electron chi connectivity index (χ2n) is 4.89. The molecule has 1 unspecified atom stereocenters. The average molecular weight is 237 g/mol. The summed E-state index contributed by atoms with van der Waals surface area (Å²) in [5.74, 6) is 1.08. The van der Waals surface area contributed by atoms with Crippen LogP contribution in [0.15, 0.2) is 6.33 Å². The van der Waals surface area contributed by atoms with Crippen molar-refractivity contribution in [3.63, 3.8) is 0 Å². The van der Waals surface area contributed by atoms with Crippen molar-refractivity contribution in [1.82, 2.24) is 25.0 Å². The van der Waals surface area contributed by atoms with E-state index in [9.17, 15) is 0 Å². The maximum Gasteiger partial charge on any atom is 0.140 e. The minimum atomic E-state index is 0.655. The summed E-state index contributed by atoms with van der Waals surface area (Å²) in [4.78, 5) is 6.67. The molecule has 2 heterocycles. The third-order valence-electron chi connectivity index (χ3n) is 3.24. The summed E-state index contributed by atoms with van der Waals surface area (Å²) in [6, 6.07) is 0.655. The van der Waals surface area contributed by atoms with Gasteiger partial charge in [-0.1, -0.05) is 6.92 Å². The van der Waals surface area contributed by atoms with Gasteiger partial charge in [0, 0.05) is 19.1 Å². The molecular weight excluding hydrogens is 214 g/mol. The molecule has 5 nitrogen and oxygen atoms in total. The second kappa shape index (κ2) is 6.12.